The van der Waals surface area contributed by atoms with Crippen LogP contribution in [-0.2, 0) is 9.59 Å². The Balaban J connectivity index is 2.62. The van der Waals surface area contributed by atoms with Crippen LogP contribution in [0.15, 0.2) is 0 Å². The predicted octanol–water partition coefficient (Wildman–Crippen LogP) is 0.0373. The number of carbonyl (C=O) groups is 2. The van der Waals surface area contributed by atoms with Crippen molar-refractivity contribution in [1.82, 2.24) is 10.2 Å². The summed E-state index contributed by atoms with van der Waals surface area (Å²) in [6, 6.07) is 0. The molecule has 0 radical (unpaired) electrons. The lowest BCUT2D eigenvalue weighted by atomic mass is 9.85. The third-order valence-electron chi connectivity index (χ3n) is 3.26. The van der Waals surface area contributed by atoms with Crippen molar-refractivity contribution in [2.24, 2.45) is 11.1 Å². The molecule has 0 aromatic heterocycles. The zero-order valence-corrected chi connectivity index (χ0v) is 11.1. The maximum atomic E-state index is 12.1. The SMILES string of the molecule is CN(C)C(=O)CNC(=O)C1(C(N)=S)CCCC1. The lowest BCUT2D eigenvalue weighted by Crippen LogP contribution is -2.49. The van der Waals surface area contributed by atoms with Gasteiger partial charge >= 0.3 is 0 Å². The minimum atomic E-state index is -0.734. The van der Waals surface area contributed by atoms with Gasteiger partial charge in [-0.25, -0.2) is 0 Å². The molecule has 0 unspecified atom stereocenters. The molecule has 1 aliphatic rings. The van der Waals surface area contributed by atoms with Gasteiger partial charge in [0, 0.05) is 14.1 Å². The first-order valence-electron chi connectivity index (χ1n) is 5.68. The number of nitrogens with two attached hydrogens (primary N) is 1. The summed E-state index contributed by atoms with van der Waals surface area (Å²) in [5.74, 6) is -0.355. The normalized spacial score (nSPS) is 17.5. The Bertz CT molecular complexity index is 336. The number of hydrogen-bond acceptors (Lipinski definition) is 3. The van der Waals surface area contributed by atoms with E-state index in [1.165, 1.54) is 4.90 Å². The van der Waals surface area contributed by atoms with Crippen molar-refractivity contribution < 1.29 is 9.59 Å². The van der Waals surface area contributed by atoms with Crippen LogP contribution < -0.4 is 11.1 Å². The van der Waals surface area contributed by atoms with Crippen LogP contribution >= 0.6 is 12.2 Å². The summed E-state index contributed by atoms with van der Waals surface area (Å²) < 4.78 is 0. The Morgan fingerprint density at radius 1 is 1.35 bits per heavy atom. The van der Waals surface area contributed by atoms with E-state index < -0.39 is 5.41 Å². The summed E-state index contributed by atoms with van der Waals surface area (Å²) in [4.78, 5) is 25.1. The number of nitrogens with zero attached hydrogens (tertiary/aromatic N) is 1. The fourth-order valence-corrected chi connectivity index (χ4v) is 2.34. The van der Waals surface area contributed by atoms with E-state index in [4.69, 9.17) is 18.0 Å². The molecule has 0 aliphatic heterocycles. The third-order valence-corrected chi connectivity index (χ3v) is 3.65. The molecule has 0 spiro atoms. The van der Waals surface area contributed by atoms with Gasteiger partial charge in [-0.3, -0.25) is 9.59 Å². The number of amides is 2. The quantitative estimate of drug-likeness (QED) is 0.697. The Morgan fingerprint density at radius 2 is 1.88 bits per heavy atom. The monoisotopic (exact) mass is 257 g/mol. The molecule has 0 aromatic carbocycles. The van der Waals surface area contributed by atoms with Crippen LogP contribution in [0, 0.1) is 5.41 Å². The molecule has 0 saturated heterocycles. The van der Waals surface area contributed by atoms with Crippen molar-refractivity contribution in [3.8, 4) is 0 Å². The Hall–Kier alpha value is -1.17. The van der Waals surface area contributed by atoms with E-state index in [-0.39, 0.29) is 23.3 Å². The molecule has 2 amide bonds. The summed E-state index contributed by atoms with van der Waals surface area (Å²) in [7, 11) is 3.29. The van der Waals surface area contributed by atoms with E-state index in [2.05, 4.69) is 5.32 Å². The highest BCUT2D eigenvalue weighted by Crippen LogP contribution is 2.38. The van der Waals surface area contributed by atoms with Crippen molar-refractivity contribution in [2.75, 3.05) is 20.6 Å². The Labute approximate surface area is 107 Å². The second-order valence-corrected chi connectivity index (χ2v) is 5.06. The van der Waals surface area contributed by atoms with E-state index in [1.807, 2.05) is 0 Å². The first-order valence-corrected chi connectivity index (χ1v) is 6.09. The predicted molar refractivity (Wildman–Crippen MR) is 69.4 cm³/mol. The van der Waals surface area contributed by atoms with Crippen molar-refractivity contribution in [1.29, 1.82) is 0 Å². The molecular weight excluding hydrogens is 238 g/mol. The fraction of sp³-hybridized carbons (Fsp3) is 0.727. The lowest BCUT2D eigenvalue weighted by molar-refractivity contribution is -0.133. The summed E-state index contributed by atoms with van der Waals surface area (Å²) in [5, 5.41) is 2.63. The lowest BCUT2D eigenvalue weighted by Gasteiger charge is -2.26. The van der Waals surface area contributed by atoms with Gasteiger partial charge in [0.2, 0.25) is 11.8 Å². The number of carbonyl (C=O) groups excluding carboxylic acids is 2. The van der Waals surface area contributed by atoms with E-state index in [0.717, 1.165) is 12.8 Å². The van der Waals surface area contributed by atoms with Crippen LogP contribution in [0.4, 0.5) is 0 Å². The molecule has 0 bridgehead atoms. The van der Waals surface area contributed by atoms with E-state index in [0.29, 0.717) is 12.8 Å². The second kappa shape index (κ2) is 5.44. The Kier molecular flexibility index (Phi) is 4.45. The van der Waals surface area contributed by atoms with Crippen LogP contribution in [0.1, 0.15) is 25.7 Å². The van der Waals surface area contributed by atoms with Gasteiger partial charge in [0.05, 0.1) is 16.9 Å². The highest BCUT2D eigenvalue weighted by atomic mass is 32.1. The number of thiocarbonyl (C=S) groups is 1. The van der Waals surface area contributed by atoms with Gasteiger partial charge < -0.3 is 16.0 Å². The fourth-order valence-electron chi connectivity index (χ4n) is 2.05. The largest absolute Gasteiger partial charge is 0.392 e. The van der Waals surface area contributed by atoms with Gasteiger partial charge in [-0.15, -0.1) is 0 Å². The Morgan fingerprint density at radius 3 is 2.29 bits per heavy atom. The first-order chi connectivity index (χ1) is 7.90. The van der Waals surface area contributed by atoms with E-state index in [9.17, 15) is 9.59 Å². The molecule has 1 fully saturated rings. The molecule has 0 heterocycles. The van der Waals surface area contributed by atoms with Crippen molar-refractivity contribution in [3.05, 3.63) is 0 Å². The minimum Gasteiger partial charge on any atom is -0.392 e. The molecular formula is C11H19N3O2S. The number of rotatable bonds is 4. The smallest absolute Gasteiger partial charge is 0.241 e. The molecule has 5 nitrogen and oxygen atoms in total. The molecule has 96 valence electrons. The van der Waals surface area contributed by atoms with Gasteiger partial charge in [0.15, 0.2) is 0 Å². The summed E-state index contributed by atoms with van der Waals surface area (Å²) in [5.41, 5.74) is 4.94. The van der Waals surface area contributed by atoms with Crippen LogP contribution in [0.3, 0.4) is 0 Å². The second-order valence-electron chi connectivity index (χ2n) is 4.62. The average Bonchev–Trinajstić information content (AvgIpc) is 2.75. The van der Waals surface area contributed by atoms with Crippen LogP contribution in [0.5, 0.6) is 0 Å². The van der Waals surface area contributed by atoms with Gasteiger partial charge in [0.25, 0.3) is 0 Å². The molecule has 1 saturated carbocycles. The van der Waals surface area contributed by atoms with Crippen LogP contribution in [0.25, 0.3) is 0 Å². The average molecular weight is 257 g/mol. The summed E-state index contributed by atoms with van der Waals surface area (Å²) in [6.07, 6.45) is 3.27. The highest BCUT2D eigenvalue weighted by molar-refractivity contribution is 7.80. The van der Waals surface area contributed by atoms with Gasteiger partial charge in [-0.2, -0.15) is 0 Å². The maximum absolute atomic E-state index is 12.1. The zero-order valence-electron chi connectivity index (χ0n) is 10.3. The summed E-state index contributed by atoms with van der Waals surface area (Å²) in [6.45, 7) is -0.00377. The first kappa shape index (κ1) is 13.9. The molecule has 1 rings (SSSR count). The zero-order chi connectivity index (χ0) is 13.1. The van der Waals surface area contributed by atoms with Crippen molar-refractivity contribution in [2.45, 2.75) is 25.7 Å². The number of likely N-dealkylation sites (N-methyl/N-ethyl adjacent to an activating group) is 1. The van der Waals surface area contributed by atoms with Gasteiger partial charge in [-0.05, 0) is 12.8 Å². The van der Waals surface area contributed by atoms with Gasteiger partial charge in [-0.1, -0.05) is 25.1 Å². The van der Waals surface area contributed by atoms with Crippen LogP contribution in [-0.4, -0.2) is 42.3 Å². The molecule has 17 heavy (non-hydrogen) atoms. The molecule has 0 atom stereocenters. The van der Waals surface area contributed by atoms with Gasteiger partial charge in [0.1, 0.15) is 0 Å². The third kappa shape index (κ3) is 2.94. The summed E-state index contributed by atoms with van der Waals surface area (Å²) >= 11 is 5.00. The molecule has 1 aliphatic carbocycles. The maximum Gasteiger partial charge on any atom is 0.241 e. The highest BCUT2D eigenvalue weighted by Gasteiger charge is 2.43. The number of nitrogens with one attached hydrogen (secondary N) is 1. The topological polar surface area (TPSA) is 75.4 Å². The standard InChI is InChI=1S/C11H19N3O2S/c1-14(2)8(15)7-13-10(16)11(9(12)17)5-3-4-6-11/h3-7H2,1-2H3,(H2,12,17)(H,13,16). The van der Waals surface area contributed by atoms with Crippen LogP contribution in [0.2, 0.25) is 0 Å². The molecule has 0 aromatic rings. The van der Waals surface area contributed by atoms with E-state index in [1.54, 1.807) is 14.1 Å². The number of hydrogen-bond donors (Lipinski definition) is 2. The minimum absolute atomic E-state index is 0.00377. The molecule has 3 N–H and O–H groups in total. The molecule has 6 heteroatoms. The van der Waals surface area contributed by atoms with Crippen molar-refractivity contribution in [3.63, 3.8) is 0 Å². The van der Waals surface area contributed by atoms with E-state index >= 15 is 0 Å². The van der Waals surface area contributed by atoms with Crippen molar-refractivity contribution >= 4 is 29.0 Å².